The Labute approximate surface area is 125 Å². The number of oxime groups is 1. The number of carbonyl (C=O) groups is 1. The first-order valence-electron chi connectivity index (χ1n) is 5.95. The zero-order chi connectivity index (χ0) is 15.2. The molecule has 1 aromatic heterocycles. The predicted molar refractivity (Wildman–Crippen MR) is 76.2 cm³/mol. The number of carbonyl (C=O) groups excluding carboxylic acids is 1. The van der Waals surface area contributed by atoms with Gasteiger partial charge < -0.3 is 10.6 Å². The summed E-state index contributed by atoms with van der Waals surface area (Å²) in [6.45, 7) is 0. The molecule has 0 atom stereocenters. The fourth-order valence-corrected chi connectivity index (χ4v) is 1.77. The highest BCUT2D eigenvalue weighted by Gasteiger charge is 2.13. The van der Waals surface area contributed by atoms with Crippen LogP contribution in [-0.4, -0.2) is 16.8 Å². The Balaban J connectivity index is 2.03. The summed E-state index contributed by atoms with van der Waals surface area (Å²) in [5, 5.41) is 3.61. The lowest BCUT2D eigenvalue weighted by Gasteiger charge is -2.04. The number of benzene rings is 1. The van der Waals surface area contributed by atoms with Gasteiger partial charge in [-0.3, -0.25) is 4.98 Å². The van der Waals surface area contributed by atoms with Crippen molar-refractivity contribution in [2.75, 3.05) is 0 Å². The number of hydrogen-bond donors (Lipinski definition) is 1. The quantitative estimate of drug-likeness (QED) is 0.407. The number of rotatable bonds is 4. The number of nitrogens with two attached hydrogens (primary N) is 1. The average Bonchev–Trinajstić information content (AvgIpc) is 2.49. The molecule has 0 radical (unpaired) electrons. The topological polar surface area (TPSA) is 77.6 Å². The highest BCUT2D eigenvalue weighted by molar-refractivity contribution is 6.31. The van der Waals surface area contributed by atoms with Crippen molar-refractivity contribution in [2.24, 2.45) is 10.9 Å². The van der Waals surface area contributed by atoms with Gasteiger partial charge in [0.05, 0.1) is 6.42 Å². The van der Waals surface area contributed by atoms with E-state index < -0.39 is 11.8 Å². The maximum Gasteiger partial charge on any atom is 0.339 e. The summed E-state index contributed by atoms with van der Waals surface area (Å²) >= 11 is 5.81. The Morgan fingerprint density at radius 1 is 1.33 bits per heavy atom. The highest BCUT2D eigenvalue weighted by atomic mass is 35.5. The van der Waals surface area contributed by atoms with Gasteiger partial charge >= 0.3 is 5.97 Å². The van der Waals surface area contributed by atoms with Gasteiger partial charge in [0, 0.05) is 16.8 Å². The summed E-state index contributed by atoms with van der Waals surface area (Å²) < 4.78 is 13.5. The lowest BCUT2D eigenvalue weighted by molar-refractivity contribution is -0.142. The minimum absolute atomic E-state index is 0.0516. The molecule has 2 aromatic rings. The summed E-state index contributed by atoms with van der Waals surface area (Å²) in [6, 6.07) is 9.18. The van der Waals surface area contributed by atoms with Gasteiger partial charge in [0.2, 0.25) is 0 Å². The highest BCUT2D eigenvalue weighted by Crippen LogP contribution is 2.19. The van der Waals surface area contributed by atoms with Gasteiger partial charge in [-0.15, -0.1) is 0 Å². The fraction of sp³-hybridized carbons (Fsp3) is 0.0714. The summed E-state index contributed by atoms with van der Waals surface area (Å²) in [7, 11) is 0. The minimum Gasteiger partial charge on any atom is -0.379 e. The van der Waals surface area contributed by atoms with E-state index in [0.717, 1.165) is 0 Å². The van der Waals surface area contributed by atoms with Crippen molar-refractivity contribution in [3.63, 3.8) is 0 Å². The Bertz CT molecular complexity index is 657. The second kappa shape index (κ2) is 6.81. The van der Waals surface area contributed by atoms with Crippen LogP contribution in [0.4, 0.5) is 4.39 Å². The first-order chi connectivity index (χ1) is 10.1. The third-order valence-electron chi connectivity index (χ3n) is 2.56. The second-order valence-corrected chi connectivity index (χ2v) is 4.44. The van der Waals surface area contributed by atoms with E-state index in [0.29, 0.717) is 5.69 Å². The van der Waals surface area contributed by atoms with E-state index in [1.54, 1.807) is 18.2 Å². The molecule has 0 spiro atoms. The van der Waals surface area contributed by atoms with Crippen LogP contribution in [0.15, 0.2) is 47.8 Å². The van der Waals surface area contributed by atoms with Crippen molar-refractivity contribution in [3.8, 4) is 0 Å². The number of hydrogen-bond acceptors (Lipinski definition) is 4. The molecule has 2 rings (SSSR count). The van der Waals surface area contributed by atoms with E-state index in [4.69, 9.17) is 17.3 Å². The zero-order valence-electron chi connectivity index (χ0n) is 10.8. The number of aromatic nitrogens is 1. The van der Waals surface area contributed by atoms with Crippen LogP contribution in [0.5, 0.6) is 0 Å². The summed E-state index contributed by atoms with van der Waals surface area (Å²) in [6.07, 6.45) is 1.18. The third-order valence-corrected chi connectivity index (χ3v) is 2.91. The molecule has 1 aromatic carbocycles. The van der Waals surface area contributed by atoms with E-state index in [-0.39, 0.29) is 22.8 Å². The van der Waals surface area contributed by atoms with Crippen LogP contribution in [0.25, 0.3) is 0 Å². The predicted octanol–water partition coefficient (Wildman–Crippen LogP) is 2.28. The van der Waals surface area contributed by atoms with Crippen LogP contribution in [0.1, 0.15) is 11.3 Å². The van der Waals surface area contributed by atoms with Crippen LogP contribution in [0.3, 0.4) is 0 Å². The van der Waals surface area contributed by atoms with E-state index in [9.17, 15) is 9.18 Å². The minimum atomic E-state index is -0.777. The van der Waals surface area contributed by atoms with Crippen LogP contribution >= 0.6 is 11.6 Å². The first kappa shape index (κ1) is 14.9. The number of pyridine rings is 1. The van der Waals surface area contributed by atoms with Crippen molar-refractivity contribution in [1.82, 2.24) is 4.98 Å². The standard InChI is InChI=1S/C14H11ClFN3O2/c15-10-4-3-5-11(16)9(10)8-13(20)21-19-14(17)12-6-1-2-7-18-12/h1-7H,8H2,(H2,17,19). The third kappa shape index (κ3) is 4.00. The van der Waals surface area contributed by atoms with Gasteiger partial charge in [0.15, 0.2) is 5.84 Å². The SMILES string of the molecule is N/C(=N\OC(=O)Cc1c(F)cccc1Cl)c1ccccn1. The monoisotopic (exact) mass is 307 g/mol. The van der Waals surface area contributed by atoms with Crippen molar-refractivity contribution in [1.29, 1.82) is 0 Å². The largest absolute Gasteiger partial charge is 0.379 e. The molecule has 7 heteroatoms. The number of nitrogens with zero attached hydrogens (tertiary/aromatic N) is 2. The first-order valence-corrected chi connectivity index (χ1v) is 6.33. The molecule has 108 valence electrons. The molecule has 0 bridgehead atoms. The molecule has 1 heterocycles. The Morgan fingerprint density at radius 2 is 2.14 bits per heavy atom. The van der Waals surface area contributed by atoms with Crippen molar-refractivity contribution >= 4 is 23.4 Å². The van der Waals surface area contributed by atoms with Crippen LogP contribution in [0.2, 0.25) is 5.02 Å². The van der Waals surface area contributed by atoms with Crippen molar-refractivity contribution in [2.45, 2.75) is 6.42 Å². The van der Waals surface area contributed by atoms with Gasteiger partial charge in [-0.05, 0) is 24.3 Å². The molecule has 5 nitrogen and oxygen atoms in total. The summed E-state index contributed by atoms with van der Waals surface area (Å²) in [5.74, 6) is -1.41. The van der Waals surface area contributed by atoms with Gasteiger partial charge in [-0.25, -0.2) is 9.18 Å². The van der Waals surface area contributed by atoms with E-state index in [1.807, 2.05) is 0 Å². The van der Waals surface area contributed by atoms with Crippen LogP contribution in [0, 0.1) is 5.82 Å². The van der Waals surface area contributed by atoms with E-state index in [1.165, 1.54) is 24.4 Å². The summed E-state index contributed by atoms with van der Waals surface area (Å²) in [4.78, 5) is 20.2. The Morgan fingerprint density at radius 3 is 2.81 bits per heavy atom. The molecule has 0 aliphatic rings. The summed E-state index contributed by atoms with van der Waals surface area (Å²) in [5.41, 5.74) is 6.03. The normalized spacial score (nSPS) is 11.2. The number of halogens is 2. The van der Waals surface area contributed by atoms with Crippen LogP contribution in [-0.2, 0) is 16.1 Å². The molecule has 0 aliphatic carbocycles. The van der Waals surface area contributed by atoms with E-state index in [2.05, 4.69) is 15.0 Å². The maximum absolute atomic E-state index is 13.5. The van der Waals surface area contributed by atoms with Gasteiger partial charge in [0.1, 0.15) is 11.5 Å². The maximum atomic E-state index is 13.5. The Kier molecular flexibility index (Phi) is 4.84. The molecule has 0 aliphatic heterocycles. The molecule has 0 saturated heterocycles. The zero-order valence-corrected chi connectivity index (χ0v) is 11.5. The molecule has 21 heavy (non-hydrogen) atoms. The van der Waals surface area contributed by atoms with E-state index >= 15 is 0 Å². The molecule has 0 saturated carbocycles. The fourth-order valence-electron chi connectivity index (χ4n) is 1.54. The van der Waals surface area contributed by atoms with Gasteiger partial charge in [-0.2, -0.15) is 0 Å². The van der Waals surface area contributed by atoms with Crippen molar-refractivity contribution < 1.29 is 14.0 Å². The molecular formula is C14H11ClFN3O2. The number of amidine groups is 1. The molecule has 0 fully saturated rings. The van der Waals surface area contributed by atoms with Gasteiger partial charge in [0.25, 0.3) is 0 Å². The molecule has 2 N–H and O–H groups in total. The molecular weight excluding hydrogens is 297 g/mol. The lowest BCUT2D eigenvalue weighted by Crippen LogP contribution is -2.17. The average molecular weight is 308 g/mol. The van der Waals surface area contributed by atoms with Gasteiger partial charge in [-0.1, -0.05) is 28.9 Å². The molecule has 0 unspecified atom stereocenters. The molecule has 0 amide bonds. The lowest BCUT2D eigenvalue weighted by atomic mass is 10.1. The Hall–Kier alpha value is -2.47. The van der Waals surface area contributed by atoms with Crippen LogP contribution < -0.4 is 5.73 Å². The van der Waals surface area contributed by atoms with Crippen molar-refractivity contribution in [3.05, 3.63) is 64.7 Å². The smallest absolute Gasteiger partial charge is 0.339 e. The second-order valence-electron chi connectivity index (χ2n) is 4.03.